The fourth-order valence-electron chi connectivity index (χ4n) is 0.670. The molecule has 88 valence electrons. The minimum Gasteiger partial charge on any atom is -0.480 e. The molecule has 0 bridgehead atoms. The highest BCUT2D eigenvalue weighted by molar-refractivity contribution is 5.74. The zero-order valence-electron chi connectivity index (χ0n) is 8.31. The van der Waals surface area contributed by atoms with Crippen molar-refractivity contribution < 1.29 is 28.9 Å². The van der Waals surface area contributed by atoms with E-state index in [0.717, 1.165) is 0 Å². The lowest BCUT2D eigenvalue weighted by Gasteiger charge is -2.04. The number of hydrogen-bond donors (Lipinski definition) is 2. The Morgan fingerprint density at radius 1 is 0.933 bits per heavy atom. The number of carbonyl (C=O) groups excluding carboxylic acids is 1. The normalized spacial score (nSPS) is 10.1. The monoisotopic (exact) mass is 221 g/mol. The van der Waals surface area contributed by atoms with Crippen molar-refractivity contribution in [3.8, 4) is 0 Å². The van der Waals surface area contributed by atoms with Crippen molar-refractivity contribution >= 4 is 11.9 Å². The molecule has 0 spiro atoms. The van der Waals surface area contributed by atoms with Crippen LogP contribution in [0, 0.1) is 0 Å². The molecule has 0 fully saturated rings. The number of amides is 1. The first-order valence-corrected chi connectivity index (χ1v) is 4.36. The molecule has 7 heteroatoms. The van der Waals surface area contributed by atoms with Gasteiger partial charge in [-0.3, -0.25) is 4.79 Å². The van der Waals surface area contributed by atoms with Gasteiger partial charge in [0.2, 0.25) is 5.91 Å². The molecule has 0 atom stereocenters. The second kappa shape index (κ2) is 9.38. The van der Waals surface area contributed by atoms with E-state index in [4.69, 9.17) is 25.1 Å². The minimum absolute atomic E-state index is 0.126. The van der Waals surface area contributed by atoms with E-state index < -0.39 is 11.9 Å². The highest BCUT2D eigenvalue weighted by Crippen LogP contribution is 1.81. The lowest BCUT2D eigenvalue weighted by Crippen LogP contribution is -2.20. The van der Waals surface area contributed by atoms with Crippen LogP contribution in [-0.2, 0) is 23.8 Å². The summed E-state index contributed by atoms with van der Waals surface area (Å²) in [6.45, 7) is 0.612. The van der Waals surface area contributed by atoms with E-state index in [9.17, 15) is 9.59 Å². The summed E-state index contributed by atoms with van der Waals surface area (Å²) in [7, 11) is 0. The molecule has 0 aromatic rings. The van der Waals surface area contributed by atoms with Crippen molar-refractivity contribution in [3.63, 3.8) is 0 Å². The van der Waals surface area contributed by atoms with Gasteiger partial charge in [0.1, 0.15) is 13.2 Å². The number of carboxylic acids is 1. The molecule has 7 nitrogen and oxygen atoms in total. The summed E-state index contributed by atoms with van der Waals surface area (Å²) in [5.41, 5.74) is 4.82. The van der Waals surface area contributed by atoms with Gasteiger partial charge in [-0.05, 0) is 0 Å². The summed E-state index contributed by atoms with van der Waals surface area (Å²) in [5.74, 6) is -1.54. The Morgan fingerprint density at radius 3 is 1.87 bits per heavy atom. The van der Waals surface area contributed by atoms with Gasteiger partial charge in [0.25, 0.3) is 0 Å². The van der Waals surface area contributed by atoms with Crippen LogP contribution in [0.3, 0.4) is 0 Å². The van der Waals surface area contributed by atoms with Gasteiger partial charge in [0.05, 0.1) is 26.4 Å². The quantitative estimate of drug-likeness (QED) is 0.439. The highest BCUT2D eigenvalue weighted by Gasteiger charge is 1.96. The Morgan fingerprint density at radius 2 is 1.40 bits per heavy atom. The predicted molar refractivity (Wildman–Crippen MR) is 49.3 cm³/mol. The Hall–Kier alpha value is -1.18. The first kappa shape index (κ1) is 13.8. The van der Waals surface area contributed by atoms with Gasteiger partial charge < -0.3 is 25.1 Å². The topological polar surface area (TPSA) is 108 Å². The van der Waals surface area contributed by atoms with Gasteiger partial charge >= 0.3 is 5.97 Å². The molecule has 0 unspecified atom stereocenters. The fourth-order valence-corrected chi connectivity index (χ4v) is 0.670. The third-order valence-electron chi connectivity index (χ3n) is 1.21. The number of nitrogens with two attached hydrogens (primary N) is 1. The molecule has 1 amide bonds. The molecule has 0 rings (SSSR count). The predicted octanol–water partition coefficient (Wildman–Crippen LogP) is -1.39. The summed E-state index contributed by atoms with van der Waals surface area (Å²) >= 11 is 0. The molecule has 0 heterocycles. The van der Waals surface area contributed by atoms with E-state index in [1.165, 1.54) is 0 Å². The van der Waals surface area contributed by atoms with Gasteiger partial charge in [-0.2, -0.15) is 0 Å². The molecule has 15 heavy (non-hydrogen) atoms. The number of ether oxygens (including phenoxy) is 3. The third kappa shape index (κ3) is 12.8. The van der Waals surface area contributed by atoms with Crippen LogP contribution < -0.4 is 5.73 Å². The molecular formula is C8H15NO6. The Labute approximate surface area is 87.1 Å². The maximum Gasteiger partial charge on any atom is 0.329 e. The van der Waals surface area contributed by atoms with Crippen molar-refractivity contribution in [2.24, 2.45) is 5.73 Å². The lowest BCUT2D eigenvalue weighted by atomic mass is 10.6. The van der Waals surface area contributed by atoms with Crippen molar-refractivity contribution in [2.75, 3.05) is 39.6 Å². The molecule has 0 saturated carbocycles. The molecule has 0 aliphatic rings. The van der Waals surface area contributed by atoms with E-state index in [2.05, 4.69) is 0 Å². The van der Waals surface area contributed by atoms with Gasteiger partial charge in [-0.25, -0.2) is 4.79 Å². The second-order valence-corrected chi connectivity index (χ2v) is 2.58. The summed E-state index contributed by atoms with van der Waals surface area (Å²) in [6.07, 6.45) is 0. The Kier molecular flexibility index (Phi) is 8.64. The van der Waals surface area contributed by atoms with Crippen LogP contribution in [0.2, 0.25) is 0 Å². The summed E-state index contributed by atoms with van der Waals surface area (Å²) in [6, 6.07) is 0. The number of carboxylic acid groups (broad SMARTS) is 1. The summed E-state index contributed by atoms with van der Waals surface area (Å²) < 4.78 is 14.5. The third-order valence-corrected chi connectivity index (χ3v) is 1.21. The summed E-state index contributed by atoms with van der Waals surface area (Å²) in [4.78, 5) is 20.2. The van der Waals surface area contributed by atoms with Crippen molar-refractivity contribution in [1.82, 2.24) is 0 Å². The Bertz CT molecular complexity index is 176. The van der Waals surface area contributed by atoms with E-state index in [1.807, 2.05) is 0 Å². The average molecular weight is 221 g/mol. The van der Waals surface area contributed by atoms with Crippen LogP contribution in [-0.4, -0.2) is 56.6 Å². The van der Waals surface area contributed by atoms with Crippen LogP contribution in [0.4, 0.5) is 0 Å². The van der Waals surface area contributed by atoms with Crippen molar-refractivity contribution in [2.45, 2.75) is 0 Å². The molecule has 0 aromatic heterocycles. The molecule has 3 N–H and O–H groups in total. The largest absolute Gasteiger partial charge is 0.480 e. The van der Waals surface area contributed by atoms with Gasteiger partial charge in [0, 0.05) is 0 Å². The molecule has 0 radical (unpaired) electrons. The summed E-state index contributed by atoms with van der Waals surface area (Å²) in [5, 5.41) is 8.21. The maximum atomic E-state index is 10.2. The van der Waals surface area contributed by atoms with E-state index >= 15 is 0 Å². The van der Waals surface area contributed by atoms with E-state index in [0.29, 0.717) is 6.61 Å². The molecule has 0 aliphatic carbocycles. The zero-order chi connectivity index (χ0) is 11.5. The van der Waals surface area contributed by atoms with Gasteiger partial charge in [-0.1, -0.05) is 0 Å². The Balaban J connectivity index is 2.99. The molecule has 0 saturated heterocycles. The smallest absolute Gasteiger partial charge is 0.329 e. The number of hydrogen-bond acceptors (Lipinski definition) is 5. The number of primary amides is 1. The lowest BCUT2D eigenvalue weighted by molar-refractivity contribution is -0.142. The molecular weight excluding hydrogens is 206 g/mol. The number of rotatable bonds is 10. The number of carbonyl (C=O) groups is 2. The average Bonchev–Trinajstić information content (AvgIpc) is 2.14. The van der Waals surface area contributed by atoms with Crippen LogP contribution in [0.15, 0.2) is 0 Å². The van der Waals surface area contributed by atoms with Crippen LogP contribution >= 0.6 is 0 Å². The fraction of sp³-hybridized carbons (Fsp3) is 0.750. The molecule has 0 aromatic carbocycles. The first-order chi connectivity index (χ1) is 7.13. The zero-order valence-corrected chi connectivity index (χ0v) is 8.31. The van der Waals surface area contributed by atoms with E-state index in [1.54, 1.807) is 0 Å². The van der Waals surface area contributed by atoms with Gasteiger partial charge in [-0.15, -0.1) is 0 Å². The second-order valence-electron chi connectivity index (χ2n) is 2.58. The maximum absolute atomic E-state index is 10.2. The standard InChI is InChI=1S/C8H15NO6/c9-7(10)5-14-3-1-13-2-4-15-6-8(11)12/h1-6H2,(H2,9,10)(H,11,12). The first-order valence-electron chi connectivity index (χ1n) is 4.36. The highest BCUT2D eigenvalue weighted by atomic mass is 16.5. The minimum atomic E-state index is -1.01. The number of aliphatic carboxylic acids is 1. The molecule has 0 aliphatic heterocycles. The van der Waals surface area contributed by atoms with Crippen LogP contribution in [0.5, 0.6) is 0 Å². The van der Waals surface area contributed by atoms with Crippen LogP contribution in [0.25, 0.3) is 0 Å². The van der Waals surface area contributed by atoms with Crippen molar-refractivity contribution in [1.29, 1.82) is 0 Å². The van der Waals surface area contributed by atoms with Crippen LogP contribution in [0.1, 0.15) is 0 Å². The van der Waals surface area contributed by atoms with Gasteiger partial charge in [0.15, 0.2) is 0 Å². The SMILES string of the molecule is NC(=O)COCCOCCOCC(=O)O. The van der Waals surface area contributed by atoms with E-state index in [-0.39, 0.29) is 33.0 Å². The van der Waals surface area contributed by atoms with Crippen molar-refractivity contribution in [3.05, 3.63) is 0 Å².